The van der Waals surface area contributed by atoms with E-state index < -0.39 is 0 Å². The highest BCUT2D eigenvalue weighted by Crippen LogP contribution is 2.13. The van der Waals surface area contributed by atoms with Gasteiger partial charge in [0, 0.05) is 25.7 Å². The average Bonchev–Trinajstić information content (AvgIpc) is 2.71. The van der Waals surface area contributed by atoms with E-state index in [9.17, 15) is 0 Å². The Kier molecular flexibility index (Phi) is 6.27. The quantitative estimate of drug-likeness (QED) is 0.753. The number of nitrogens with zero attached hydrogens (tertiary/aromatic N) is 2. The summed E-state index contributed by atoms with van der Waals surface area (Å²) in [7, 11) is 1.98. The first kappa shape index (κ1) is 14.2. The van der Waals surface area contributed by atoms with Gasteiger partial charge < -0.3 is 5.32 Å². The smallest absolute Gasteiger partial charge is 0.0640 e. The highest BCUT2D eigenvalue weighted by Gasteiger charge is 2.13. The van der Waals surface area contributed by atoms with Gasteiger partial charge in [0.05, 0.1) is 5.69 Å². The monoisotopic (exact) mass is 237 g/mol. The van der Waals surface area contributed by atoms with Crippen molar-refractivity contribution in [1.29, 1.82) is 0 Å². The minimum Gasteiger partial charge on any atom is -0.314 e. The van der Waals surface area contributed by atoms with E-state index >= 15 is 0 Å². The third-order valence-electron chi connectivity index (χ3n) is 3.29. The summed E-state index contributed by atoms with van der Waals surface area (Å²) in [5.41, 5.74) is 1.20. The van der Waals surface area contributed by atoms with Gasteiger partial charge in [-0.15, -0.1) is 0 Å². The molecule has 0 fully saturated rings. The summed E-state index contributed by atoms with van der Waals surface area (Å²) in [6, 6.07) is 2.69. The molecule has 3 nitrogen and oxygen atoms in total. The Hall–Kier alpha value is -0.830. The second-order valence-corrected chi connectivity index (χ2v) is 5.09. The molecular formula is C14H27N3. The molecule has 0 aliphatic rings. The van der Waals surface area contributed by atoms with E-state index in [1.807, 2.05) is 17.9 Å². The lowest BCUT2D eigenvalue weighted by Crippen LogP contribution is -2.33. The number of hydrogen-bond acceptors (Lipinski definition) is 2. The molecule has 0 saturated heterocycles. The van der Waals surface area contributed by atoms with Crippen LogP contribution in [-0.4, -0.2) is 22.4 Å². The van der Waals surface area contributed by atoms with Crippen LogP contribution < -0.4 is 5.32 Å². The molecule has 1 heterocycles. The Labute approximate surface area is 106 Å². The van der Waals surface area contributed by atoms with Crippen LogP contribution in [0.25, 0.3) is 0 Å². The van der Waals surface area contributed by atoms with Crippen LogP contribution in [0.3, 0.4) is 0 Å². The van der Waals surface area contributed by atoms with Crippen LogP contribution in [0, 0.1) is 5.92 Å². The minimum atomic E-state index is 0.569. The van der Waals surface area contributed by atoms with E-state index in [2.05, 4.69) is 37.3 Å². The highest BCUT2D eigenvalue weighted by atomic mass is 15.2. The number of rotatable bonds is 8. The molecule has 17 heavy (non-hydrogen) atoms. The molecule has 0 radical (unpaired) electrons. The molecule has 98 valence electrons. The number of nitrogens with one attached hydrogen (secondary N) is 1. The Bertz CT molecular complexity index is 306. The Balaban J connectivity index is 2.50. The van der Waals surface area contributed by atoms with Crippen molar-refractivity contribution in [3.05, 3.63) is 18.0 Å². The standard InChI is InChI=1S/C14H27N3/c1-5-8-15-14(10-12(3)6-2)11-13-7-9-17(4)16-13/h7,9,12,14-15H,5-6,8,10-11H2,1-4H3. The van der Waals surface area contributed by atoms with Gasteiger partial charge in [-0.05, 0) is 31.4 Å². The maximum Gasteiger partial charge on any atom is 0.0640 e. The summed E-state index contributed by atoms with van der Waals surface area (Å²) < 4.78 is 1.88. The van der Waals surface area contributed by atoms with Gasteiger partial charge in [-0.2, -0.15) is 5.10 Å². The first-order valence-corrected chi connectivity index (χ1v) is 6.87. The molecule has 0 aliphatic carbocycles. The van der Waals surface area contributed by atoms with Crippen molar-refractivity contribution in [3.8, 4) is 0 Å². The third kappa shape index (κ3) is 5.35. The first-order valence-electron chi connectivity index (χ1n) is 6.87. The molecule has 3 heteroatoms. The largest absolute Gasteiger partial charge is 0.314 e. The number of aryl methyl sites for hydroxylation is 1. The molecule has 0 bridgehead atoms. The fourth-order valence-corrected chi connectivity index (χ4v) is 2.06. The van der Waals surface area contributed by atoms with E-state index in [0.717, 1.165) is 18.9 Å². The molecule has 1 N–H and O–H groups in total. The highest BCUT2D eigenvalue weighted by molar-refractivity contribution is 5.01. The Morgan fingerprint density at radius 3 is 2.71 bits per heavy atom. The summed E-state index contributed by atoms with van der Waals surface area (Å²) in [4.78, 5) is 0. The van der Waals surface area contributed by atoms with Crippen LogP contribution in [0.2, 0.25) is 0 Å². The summed E-state index contributed by atoms with van der Waals surface area (Å²) >= 11 is 0. The predicted molar refractivity (Wildman–Crippen MR) is 73.1 cm³/mol. The normalized spacial score (nSPS) is 14.8. The van der Waals surface area contributed by atoms with E-state index in [0.29, 0.717) is 6.04 Å². The van der Waals surface area contributed by atoms with Gasteiger partial charge in [-0.25, -0.2) is 0 Å². The van der Waals surface area contributed by atoms with Gasteiger partial charge in [0.15, 0.2) is 0 Å². The Morgan fingerprint density at radius 1 is 1.41 bits per heavy atom. The van der Waals surface area contributed by atoms with Gasteiger partial charge in [0.2, 0.25) is 0 Å². The predicted octanol–water partition coefficient (Wildman–Crippen LogP) is 2.77. The second kappa shape index (κ2) is 7.49. The van der Waals surface area contributed by atoms with Crippen LogP contribution >= 0.6 is 0 Å². The number of aromatic nitrogens is 2. The first-order chi connectivity index (χ1) is 8.15. The topological polar surface area (TPSA) is 29.9 Å². The zero-order valence-corrected chi connectivity index (χ0v) is 11.7. The van der Waals surface area contributed by atoms with E-state index in [1.54, 1.807) is 0 Å². The van der Waals surface area contributed by atoms with Crippen LogP contribution in [0.15, 0.2) is 12.3 Å². The fourth-order valence-electron chi connectivity index (χ4n) is 2.06. The molecule has 2 atom stereocenters. The summed E-state index contributed by atoms with van der Waals surface area (Å²) in [5, 5.41) is 8.11. The molecule has 0 saturated carbocycles. The zero-order valence-electron chi connectivity index (χ0n) is 11.7. The fraction of sp³-hybridized carbons (Fsp3) is 0.786. The molecule has 1 aromatic heterocycles. The van der Waals surface area contributed by atoms with Crippen molar-refractivity contribution >= 4 is 0 Å². The lowest BCUT2D eigenvalue weighted by atomic mass is 9.96. The average molecular weight is 237 g/mol. The minimum absolute atomic E-state index is 0.569. The van der Waals surface area contributed by atoms with Gasteiger partial charge in [0.25, 0.3) is 0 Å². The molecule has 0 aliphatic heterocycles. The maximum atomic E-state index is 4.47. The van der Waals surface area contributed by atoms with E-state index in [4.69, 9.17) is 0 Å². The molecule has 0 spiro atoms. The van der Waals surface area contributed by atoms with Crippen LogP contribution in [0.1, 0.15) is 45.7 Å². The van der Waals surface area contributed by atoms with Crippen LogP contribution in [0.4, 0.5) is 0 Å². The maximum absolute atomic E-state index is 4.47. The molecule has 1 aromatic rings. The van der Waals surface area contributed by atoms with Gasteiger partial charge in [-0.1, -0.05) is 27.2 Å². The van der Waals surface area contributed by atoms with Crippen molar-refractivity contribution in [2.75, 3.05) is 6.54 Å². The van der Waals surface area contributed by atoms with Crippen LogP contribution in [-0.2, 0) is 13.5 Å². The SMILES string of the molecule is CCCNC(Cc1ccn(C)n1)CC(C)CC. The number of hydrogen-bond donors (Lipinski definition) is 1. The molecule has 1 rings (SSSR count). The molecule has 0 aromatic carbocycles. The lowest BCUT2D eigenvalue weighted by Gasteiger charge is -2.20. The molecular weight excluding hydrogens is 210 g/mol. The van der Waals surface area contributed by atoms with Crippen molar-refractivity contribution in [2.24, 2.45) is 13.0 Å². The van der Waals surface area contributed by atoms with Gasteiger partial charge in [-0.3, -0.25) is 4.68 Å². The zero-order chi connectivity index (χ0) is 12.7. The summed E-state index contributed by atoms with van der Waals surface area (Å²) in [6.45, 7) is 7.92. The van der Waals surface area contributed by atoms with Crippen LogP contribution in [0.5, 0.6) is 0 Å². The van der Waals surface area contributed by atoms with Crippen molar-refractivity contribution in [1.82, 2.24) is 15.1 Å². The third-order valence-corrected chi connectivity index (χ3v) is 3.29. The van der Waals surface area contributed by atoms with Crippen molar-refractivity contribution < 1.29 is 0 Å². The van der Waals surface area contributed by atoms with Crippen molar-refractivity contribution in [2.45, 2.75) is 52.5 Å². The summed E-state index contributed by atoms with van der Waals surface area (Å²) in [5.74, 6) is 0.785. The summed E-state index contributed by atoms with van der Waals surface area (Å²) in [6.07, 6.45) is 6.76. The van der Waals surface area contributed by atoms with E-state index in [-0.39, 0.29) is 0 Å². The van der Waals surface area contributed by atoms with Gasteiger partial charge in [0.1, 0.15) is 0 Å². The van der Waals surface area contributed by atoms with Crippen molar-refractivity contribution in [3.63, 3.8) is 0 Å². The van der Waals surface area contributed by atoms with Gasteiger partial charge >= 0.3 is 0 Å². The molecule has 0 amide bonds. The molecule has 2 unspecified atom stereocenters. The Morgan fingerprint density at radius 2 is 2.18 bits per heavy atom. The second-order valence-electron chi connectivity index (χ2n) is 5.09. The lowest BCUT2D eigenvalue weighted by molar-refractivity contribution is 0.389. The van der Waals surface area contributed by atoms with E-state index in [1.165, 1.54) is 25.0 Å².